The second-order valence-electron chi connectivity index (χ2n) is 4.90. The van der Waals surface area contributed by atoms with Crippen molar-refractivity contribution in [3.8, 4) is 0 Å². The van der Waals surface area contributed by atoms with Gasteiger partial charge in [-0.1, -0.05) is 37.3 Å². The molecule has 1 fully saturated rings. The number of rotatable bonds is 2. The van der Waals surface area contributed by atoms with Crippen LogP contribution in [-0.4, -0.2) is 29.3 Å². The van der Waals surface area contributed by atoms with E-state index in [1.165, 1.54) is 4.90 Å². The van der Waals surface area contributed by atoms with Crippen LogP contribution in [0.4, 0.5) is 0 Å². The molecule has 2 unspecified atom stereocenters. The zero-order valence-corrected chi connectivity index (χ0v) is 10.9. The van der Waals surface area contributed by atoms with Crippen LogP contribution in [0.5, 0.6) is 0 Å². The molecule has 1 aliphatic heterocycles. The van der Waals surface area contributed by atoms with Crippen LogP contribution in [0.2, 0.25) is 0 Å². The van der Waals surface area contributed by atoms with Crippen molar-refractivity contribution in [2.75, 3.05) is 7.05 Å². The highest BCUT2D eigenvalue weighted by Gasteiger charge is 2.45. The van der Waals surface area contributed by atoms with Crippen molar-refractivity contribution in [1.82, 2.24) is 10.2 Å². The number of hydrogen-bond acceptors (Lipinski definition) is 2. The molecule has 96 valence electrons. The lowest BCUT2D eigenvalue weighted by Gasteiger charge is -2.42. The first-order valence-electron chi connectivity index (χ1n) is 6.14. The maximum atomic E-state index is 12.3. The molecule has 1 saturated heterocycles. The fourth-order valence-corrected chi connectivity index (χ4v) is 2.33. The van der Waals surface area contributed by atoms with Crippen LogP contribution in [-0.2, 0) is 9.59 Å². The summed E-state index contributed by atoms with van der Waals surface area (Å²) in [7, 11) is 1.69. The molecule has 4 nitrogen and oxygen atoms in total. The predicted molar refractivity (Wildman–Crippen MR) is 68.8 cm³/mol. The van der Waals surface area contributed by atoms with E-state index in [0.717, 1.165) is 5.56 Å². The average molecular weight is 246 g/mol. The van der Waals surface area contributed by atoms with Crippen molar-refractivity contribution in [3.05, 3.63) is 35.9 Å². The van der Waals surface area contributed by atoms with E-state index in [-0.39, 0.29) is 11.8 Å². The Hall–Kier alpha value is -1.84. The lowest BCUT2D eigenvalue weighted by atomic mass is 9.90. The summed E-state index contributed by atoms with van der Waals surface area (Å²) < 4.78 is 0. The number of nitrogens with one attached hydrogen (secondary N) is 1. The van der Waals surface area contributed by atoms with Gasteiger partial charge in [-0.15, -0.1) is 0 Å². The molecule has 1 aromatic rings. The normalized spacial score (nSPS) is 28.2. The van der Waals surface area contributed by atoms with Gasteiger partial charge in [-0.25, -0.2) is 0 Å². The maximum Gasteiger partial charge on any atom is 0.248 e. The Bertz CT molecular complexity index is 472. The van der Waals surface area contributed by atoms with Crippen molar-refractivity contribution in [2.24, 2.45) is 0 Å². The summed E-state index contributed by atoms with van der Waals surface area (Å²) in [6.07, 6.45) is 0.587. The van der Waals surface area contributed by atoms with Crippen LogP contribution in [0, 0.1) is 0 Å². The number of carbonyl (C=O) groups is 2. The van der Waals surface area contributed by atoms with Gasteiger partial charge in [-0.3, -0.25) is 9.59 Å². The van der Waals surface area contributed by atoms with Gasteiger partial charge in [0.05, 0.1) is 0 Å². The van der Waals surface area contributed by atoms with Gasteiger partial charge in [-0.2, -0.15) is 0 Å². The van der Waals surface area contributed by atoms with Crippen LogP contribution in [0.1, 0.15) is 31.9 Å². The van der Waals surface area contributed by atoms with Gasteiger partial charge in [0, 0.05) is 7.05 Å². The van der Waals surface area contributed by atoms with Crippen molar-refractivity contribution < 1.29 is 9.59 Å². The minimum Gasteiger partial charge on any atom is -0.340 e. The zero-order valence-electron chi connectivity index (χ0n) is 10.9. The Balaban J connectivity index is 2.36. The molecule has 0 spiro atoms. The molecule has 1 aliphatic rings. The number of piperazine rings is 1. The monoisotopic (exact) mass is 246 g/mol. The molecule has 0 saturated carbocycles. The smallest absolute Gasteiger partial charge is 0.248 e. The number of likely N-dealkylation sites (N-methyl/N-ethyl adjacent to an activating group) is 1. The van der Waals surface area contributed by atoms with Gasteiger partial charge < -0.3 is 10.2 Å². The highest BCUT2D eigenvalue weighted by atomic mass is 16.2. The quantitative estimate of drug-likeness (QED) is 0.859. The van der Waals surface area contributed by atoms with E-state index in [4.69, 9.17) is 0 Å². The van der Waals surface area contributed by atoms with Gasteiger partial charge in [0.2, 0.25) is 11.8 Å². The van der Waals surface area contributed by atoms with Crippen LogP contribution in [0.3, 0.4) is 0 Å². The first-order chi connectivity index (χ1) is 8.49. The molecule has 0 radical (unpaired) electrons. The Morgan fingerprint density at radius 3 is 2.44 bits per heavy atom. The highest BCUT2D eigenvalue weighted by molar-refractivity contribution is 5.99. The molecule has 4 heteroatoms. The van der Waals surface area contributed by atoms with Crippen LogP contribution in [0.15, 0.2) is 30.3 Å². The molecule has 1 N–H and O–H groups in total. The third-order valence-electron chi connectivity index (χ3n) is 3.65. The number of benzene rings is 1. The van der Waals surface area contributed by atoms with E-state index < -0.39 is 11.6 Å². The SMILES string of the molecule is CCC1(C)NC(=O)C(c2ccccc2)N(C)C1=O. The summed E-state index contributed by atoms with van der Waals surface area (Å²) in [5.74, 6) is -0.161. The first kappa shape index (κ1) is 12.6. The van der Waals surface area contributed by atoms with Crippen LogP contribution in [0.25, 0.3) is 0 Å². The fraction of sp³-hybridized carbons (Fsp3) is 0.429. The molecule has 2 atom stereocenters. The summed E-state index contributed by atoms with van der Waals surface area (Å²) >= 11 is 0. The third-order valence-corrected chi connectivity index (χ3v) is 3.65. The second-order valence-corrected chi connectivity index (χ2v) is 4.90. The molecule has 0 bridgehead atoms. The van der Waals surface area contributed by atoms with E-state index in [2.05, 4.69) is 5.32 Å². The first-order valence-corrected chi connectivity index (χ1v) is 6.14. The minimum atomic E-state index is -0.781. The van der Waals surface area contributed by atoms with E-state index in [0.29, 0.717) is 6.42 Å². The van der Waals surface area contributed by atoms with Crippen molar-refractivity contribution in [2.45, 2.75) is 31.8 Å². The molecular weight excluding hydrogens is 228 g/mol. The minimum absolute atomic E-state index is 0.0431. The number of carbonyl (C=O) groups excluding carboxylic acids is 2. The second kappa shape index (κ2) is 4.44. The summed E-state index contributed by atoms with van der Waals surface area (Å²) in [5.41, 5.74) is 0.0564. The lowest BCUT2D eigenvalue weighted by Crippen LogP contribution is -2.64. The van der Waals surface area contributed by atoms with Crippen molar-refractivity contribution >= 4 is 11.8 Å². The maximum absolute atomic E-state index is 12.3. The number of hydrogen-bond donors (Lipinski definition) is 1. The Kier molecular flexibility index (Phi) is 3.11. The van der Waals surface area contributed by atoms with E-state index in [1.807, 2.05) is 37.3 Å². The Labute approximate surface area is 107 Å². The molecule has 2 rings (SSSR count). The van der Waals surface area contributed by atoms with Gasteiger partial charge in [-0.05, 0) is 18.9 Å². The summed E-state index contributed by atoms with van der Waals surface area (Å²) in [6.45, 7) is 3.67. The molecule has 0 aliphatic carbocycles. The Morgan fingerprint density at radius 2 is 1.89 bits per heavy atom. The highest BCUT2D eigenvalue weighted by Crippen LogP contribution is 2.28. The molecule has 18 heavy (non-hydrogen) atoms. The van der Waals surface area contributed by atoms with Crippen molar-refractivity contribution in [1.29, 1.82) is 0 Å². The van der Waals surface area contributed by atoms with E-state index >= 15 is 0 Å². The summed E-state index contributed by atoms with van der Waals surface area (Å²) in [5, 5.41) is 2.84. The molecule has 0 aromatic heterocycles. The van der Waals surface area contributed by atoms with Gasteiger partial charge in [0.25, 0.3) is 0 Å². The zero-order chi connectivity index (χ0) is 13.3. The van der Waals surface area contributed by atoms with Gasteiger partial charge in [0.1, 0.15) is 11.6 Å². The summed E-state index contributed by atoms with van der Waals surface area (Å²) in [4.78, 5) is 26.1. The van der Waals surface area contributed by atoms with Crippen LogP contribution >= 0.6 is 0 Å². The molecule has 2 amide bonds. The molecule has 1 heterocycles. The molecular formula is C14H18N2O2. The lowest BCUT2D eigenvalue weighted by molar-refractivity contribution is -0.153. The van der Waals surface area contributed by atoms with E-state index in [1.54, 1.807) is 14.0 Å². The van der Waals surface area contributed by atoms with Crippen LogP contribution < -0.4 is 5.32 Å². The fourth-order valence-electron chi connectivity index (χ4n) is 2.33. The number of nitrogens with zero attached hydrogens (tertiary/aromatic N) is 1. The van der Waals surface area contributed by atoms with Gasteiger partial charge in [0.15, 0.2) is 0 Å². The van der Waals surface area contributed by atoms with Crippen molar-refractivity contribution in [3.63, 3.8) is 0 Å². The topological polar surface area (TPSA) is 49.4 Å². The van der Waals surface area contributed by atoms with E-state index in [9.17, 15) is 9.59 Å². The third kappa shape index (κ3) is 1.88. The number of amides is 2. The largest absolute Gasteiger partial charge is 0.340 e. The molecule has 1 aromatic carbocycles. The average Bonchev–Trinajstić information content (AvgIpc) is 2.37. The Morgan fingerprint density at radius 1 is 1.28 bits per heavy atom. The standard InChI is InChI=1S/C14H18N2O2/c1-4-14(2)13(18)16(3)11(12(17)15-14)10-8-6-5-7-9-10/h5-9,11H,4H2,1-3H3,(H,15,17). The van der Waals surface area contributed by atoms with Gasteiger partial charge >= 0.3 is 0 Å². The summed E-state index contributed by atoms with van der Waals surface area (Å²) in [6, 6.07) is 8.83. The predicted octanol–water partition coefficient (Wildman–Crippen LogP) is 1.48.